The molecule has 0 saturated carbocycles. The number of hydrogen-bond donors (Lipinski definition) is 0. The molecule has 0 heterocycles. The molecule has 0 aliphatic heterocycles. The lowest BCUT2D eigenvalue weighted by atomic mass is 10.2. The molecule has 3 heteroatoms. The Bertz CT molecular complexity index is 388. The van der Waals surface area contributed by atoms with Gasteiger partial charge in [0.05, 0.1) is 0 Å². The lowest BCUT2D eigenvalue weighted by molar-refractivity contribution is 0.0206. The largest absolute Gasteiger partial charge is 0.514 e. The topological polar surface area (TPSA) is 35.5 Å². The molecule has 0 aliphatic carbocycles. The van der Waals surface area contributed by atoms with Gasteiger partial charge in [0.25, 0.3) is 0 Å². The van der Waals surface area contributed by atoms with Gasteiger partial charge in [0, 0.05) is 0 Å². The van der Waals surface area contributed by atoms with E-state index in [1.54, 1.807) is 45.0 Å². The summed E-state index contributed by atoms with van der Waals surface area (Å²) in [7, 11) is 0. The minimum Gasteiger partial charge on any atom is -0.428 e. The molecule has 0 aliphatic rings. The van der Waals surface area contributed by atoms with Crippen molar-refractivity contribution < 1.29 is 14.3 Å². The highest BCUT2D eigenvalue weighted by Crippen LogP contribution is 2.16. The molecule has 3 nitrogen and oxygen atoms in total. The van der Waals surface area contributed by atoms with Crippen LogP contribution in [-0.4, -0.2) is 11.8 Å². The zero-order valence-electron chi connectivity index (χ0n) is 9.82. The van der Waals surface area contributed by atoms with Crippen molar-refractivity contribution in [3.8, 4) is 5.75 Å². The van der Waals surface area contributed by atoms with Crippen LogP contribution < -0.4 is 4.74 Å². The average molecular weight is 220 g/mol. The van der Waals surface area contributed by atoms with Gasteiger partial charge in [-0.3, -0.25) is 0 Å². The number of ether oxygens (including phenoxy) is 2. The summed E-state index contributed by atoms with van der Waals surface area (Å²) in [5.74, 6) is 0.451. The van der Waals surface area contributed by atoms with Gasteiger partial charge in [0.2, 0.25) is 0 Å². The SMILES string of the molecule is C=Cc1cccc(OC(=O)OC(C)(C)C)c1. The number of hydrogen-bond acceptors (Lipinski definition) is 3. The third kappa shape index (κ3) is 4.17. The summed E-state index contributed by atoms with van der Waals surface area (Å²) >= 11 is 0. The van der Waals surface area contributed by atoms with E-state index in [0.29, 0.717) is 5.75 Å². The van der Waals surface area contributed by atoms with Gasteiger partial charge < -0.3 is 9.47 Å². The van der Waals surface area contributed by atoms with E-state index in [0.717, 1.165) is 5.56 Å². The standard InChI is InChI=1S/C13H16O3/c1-5-10-7-6-8-11(9-10)15-12(14)16-13(2,3)4/h5-9H,1H2,2-4H3. The number of carbonyl (C=O) groups excluding carboxylic acids is 1. The highest BCUT2D eigenvalue weighted by molar-refractivity contribution is 5.65. The Hall–Kier alpha value is -1.77. The summed E-state index contributed by atoms with van der Waals surface area (Å²) in [6.07, 6.45) is 0.982. The predicted molar refractivity (Wildman–Crippen MR) is 63.4 cm³/mol. The molecule has 0 N–H and O–H groups in total. The van der Waals surface area contributed by atoms with Crippen molar-refractivity contribution in [3.63, 3.8) is 0 Å². The number of benzene rings is 1. The van der Waals surface area contributed by atoms with Crippen molar-refractivity contribution in [1.29, 1.82) is 0 Å². The van der Waals surface area contributed by atoms with Crippen molar-refractivity contribution in [2.75, 3.05) is 0 Å². The van der Waals surface area contributed by atoms with Gasteiger partial charge in [-0.1, -0.05) is 24.8 Å². The Balaban J connectivity index is 2.66. The normalized spacial score (nSPS) is 10.7. The predicted octanol–water partition coefficient (Wildman–Crippen LogP) is 3.64. The van der Waals surface area contributed by atoms with Gasteiger partial charge in [0.1, 0.15) is 11.4 Å². The molecule has 0 saturated heterocycles. The molecule has 16 heavy (non-hydrogen) atoms. The Morgan fingerprint density at radius 1 is 1.38 bits per heavy atom. The first-order chi connectivity index (χ1) is 7.40. The lowest BCUT2D eigenvalue weighted by Crippen LogP contribution is -2.25. The monoisotopic (exact) mass is 220 g/mol. The Kier molecular flexibility index (Phi) is 3.72. The summed E-state index contributed by atoms with van der Waals surface area (Å²) in [6, 6.07) is 7.07. The van der Waals surface area contributed by atoms with Crippen molar-refractivity contribution in [3.05, 3.63) is 36.4 Å². The molecular formula is C13H16O3. The zero-order chi connectivity index (χ0) is 12.2. The zero-order valence-corrected chi connectivity index (χ0v) is 9.82. The van der Waals surface area contributed by atoms with Crippen LogP contribution in [0.3, 0.4) is 0 Å². The quantitative estimate of drug-likeness (QED) is 0.563. The van der Waals surface area contributed by atoms with E-state index in [1.807, 2.05) is 6.07 Å². The second-order valence-corrected chi connectivity index (χ2v) is 4.34. The van der Waals surface area contributed by atoms with Crippen LogP contribution in [0.25, 0.3) is 6.08 Å². The van der Waals surface area contributed by atoms with Gasteiger partial charge in [-0.2, -0.15) is 0 Å². The van der Waals surface area contributed by atoms with Gasteiger partial charge in [-0.25, -0.2) is 4.79 Å². The van der Waals surface area contributed by atoms with E-state index >= 15 is 0 Å². The molecule has 0 unspecified atom stereocenters. The average Bonchev–Trinajstić information content (AvgIpc) is 2.15. The van der Waals surface area contributed by atoms with Crippen LogP contribution in [0, 0.1) is 0 Å². The van der Waals surface area contributed by atoms with Crippen LogP contribution >= 0.6 is 0 Å². The Morgan fingerprint density at radius 3 is 2.62 bits per heavy atom. The van der Waals surface area contributed by atoms with Crippen molar-refractivity contribution in [2.45, 2.75) is 26.4 Å². The maximum absolute atomic E-state index is 11.4. The smallest absolute Gasteiger partial charge is 0.428 e. The summed E-state index contributed by atoms with van der Waals surface area (Å²) in [6.45, 7) is 9.00. The summed E-state index contributed by atoms with van der Waals surface area (Å²) in [5.41, 5.74) is 0.341. The second-order valence-electron chi connectivity index (χ2n) is 4.34. The highest BCUT2D eigenvalue weighted by atomic mass is 16.7. The molecule has 0 aromatic heterocycles. The highest BCUT2D eigenvalue weighted by Gasteiger charge is 2.17. The molecule has 86 valence electrons. The third-order valence-corrected chi connectivity index (χ3v) is 1.68. The molecule has 1 rings (SSSR count). The molecule has 0 amide bonds. The van der Waals surface area contributed by atoms with E-state index in [2.05, 4.69) is 6.58 Å². The molecule has 0 fully saturated rings. The van der Waals surface area contributed by atoms with Crippen LogP contribution in [0.2, 0.25) is 0 Å². The first kappa shape index (κ1) is 12.3. The lowest BCUT2D eigenvalue weighted by Gasteiger charge is -2.18. The van der Waals surface area contributed by atoms with Crippen LogP contribution in [0.5, 0.6) is 5.75 Å². The second kappa shape index (κ2) is 4.84. The van der Waals surface area contributed by atoms with Crippen LogP contribution in [0.15, 0.2) is 30.8 Å². The molecule has 0 bridgehead atoms. The van der Waals surface area contributed by atoms with Crippen molar-refractivity contribution in [1.82, 2.24) is 0 Å². The van der Waals surface area contributed by atoms with Gasteiger partial charge in [-0.15, -0.1) is 0 Å². The molecule has 0 spiro atoms. The molecular weight excluding hydrogens is 204 g/mol. The molecule has 0 atom stereocenters. The minimum atomic E-state index is -0.700. The fraction of sp³-hybridized carbons (Fsp3) is 0.308. The molecule has 1 aromatic rings. The van der Waals surface area contributed by atoms with E-state index in [1.165, 1.54) is 0 Å². The molecule has 0 radical (unpaired) electrons. The van der Waals surface area contributed by atoms with E-state index in [-0.39, 0.29) is 0 Å². The minimum absolute atomic E-state index is 0.451. The first-order valence-corrected chi connectivity index (χ1v) is 5.04. The third-order valence-electron chi connectivity index (χ3n) is 1.68. The van der Waals surface area contributed by atoms with E-state index < -0.39 is 11.8 Å². The summed E-state index contributed by atoms with van der Waals surface area (Å²) in [5, 5.41) is 0. The first-order valence-electron chi connectivity index (χ1n) is 5.04. The van der Waals surface area contributed by atoms with Crippen LogP contribution in [0.1, 0.15) is 26.3 Å². The van der Waals surface area contributed by atoms with Gasteiger partial charge >= 0.3 is 6.16 Å². The van der Waals surface area contributed by atoms with Crippen LogP contribution in [0.4, 0.5) is 4.79 Å². The number of carbonyl (C=O) groups is 1. The fourth-order valence-electron chi connectivity index (χ4n) is 1.07. The fourth-order valence-corrected chi connectivity index (χ4v) is 1.07. The molecule has 1 aromatic carbocycles. The summed E-state index contributed by atoms with van der Waals surface area (Å²) < 4.78 is 10.1. The Morgan fingerprint density at radius 2 is 2.06 bits per heavy atom. The van der Waals surface area contributed by atoms with Crippen molar-refractivity contribution in [2.24, 2.45) is 0 Å². The maximum atomic E-state index is 11.4. The number of rotatable bonds is 2. The van der Waals surface area contributed by atoms with E-state index in [9.17, 15) is 4.79 Å². The van der Waals surface area contributed by atoms with Crippen LogP contribution in [-0.2, 0) is 4.74 Å². The maximum Gasteiger partial charge on any atom is 0.514 e. The van der Waals surface area contributed by atoms with E-state index in [4.69, 9.17) is 9.47 Å². The van der Waals surface area contributed by atoms with Gasteiger partial charge in [-0.05, 0) is 38.5 Å². The Labute approximate surface area is 95.7 Å². The van der Waals surface area contributed by atoms with Gasteiger partial charge in [0.15, 0.2) is 0 Å². The summed E-state index contributed by atoms with van der Waals surface area (Å²) in [4.78, 5) is 11.4. The van der Waals surface area contributed by atoms with Crippen molar-refractivity contribution >= 4 is 12.2 Å².